The summed E-state index contributed by atoms with van der Waals surface area (Å²) in [5.74, 6) is -1.24. The highest BCUT2D eigenvalue weighted by Gasteiger charge is 2.24. The molecular weight excluding hydrogens is 338 g/mol. The van der Waals surface area contributed by atoms with Gasteiger partial charge in [0, 0.05) is 6.42 Å². The fourth-order valence-corrected chi connectivity index (χ4v) is 2.18. The lowest BCUT2D eigenvalue weighted by molar-refractivity contribution is -0.166. The second-order valence-corrected chi connectivity index (χ2v) is 6.69. The molecule has 7 heteroatoms. The van der Waals surface area contributed by atoms with Crippen LogP contribution in [0.5, 0.6) is 11.5 Å². The van der Waals surface area contributed by atoms with Gasteiger partial charge in [-0.3, -0.25) is 9.59 Å². The van der Waals surface area contributed by atoms with E-state index >= 15 is 0 Å². The lowest BCUT2D eigenvalue weighted by Crippen LogP contribution is -2.39. The molecule has 0 saturated carbocycles. The second kappa shape index (κ2) is 10.0. The van der Waals surface area contributed by atoms with E-state index in [4.69, 9.17) is 15.2 Å². The third-order valence-electron chi connectivity index (χ3n) is 4.29. The lowest BCUT2D eigenvalue weighted by Gasteiger charge is -2.23. The molecule has 1 aromatic carbocycles. The summed E-state index contributed by atoms with van der Waals surface area (Å²) < 4.78 is 10.6. The van der Waals surface area contributed by atoms with Crippen molar-refractivity contribution in [2.45, 2.75) is 65.2 Å². The average Bonchev–Trinajstić information content (AvgIpc) is 2.57. The maximum absolute atomic E-state index is 12.1. The zero-order valence-corrected chi connectivity index (χ0v) is 15.8. The average molecular weight is 367 g/mol. The Hall–Kier alpha value is -2.28. The van der Waals surface area contributed by atoms with Crippen molar-refractivity contribution in [3.8, 4) is 11.5 Å². The van der Waals surface area contributed by atoms with E-state index < -0.39 is 24.2 Å². The molecule has 0 aliphatic rings. The summed E-state index contributed by atoms with van der Waals surface area (Å²) in [5, 5.41) is 18.8. The summed E-state index contributed by atoms with van der Waals surface area (Å²) in [6.45, 7) is 7.27. The number of hydrogen-bond donors (Lipinski definition) is 3. The first-order valence-electron chi connectivity index (χ1n) is 8.80. The van der Waals surface area contributed by atoms with Crippen LogP contribution in [-0.2, 0) is 25.5 Å². The van der Waals surface area contributed by atoms with E-state index in [9.17, 15) is 19.8 Å². The number of benzene rings is 1. The first-order valence-corrected chi connectivity index (χ1v) is 8.80. The number of nitrogens with two attached hydrogens (primary N) is 1. The molecule has 0 aromatic heterocycles. The predicted octanol–water partition coefficient (Wildman–Crippen LogP) is 2.27. The van der Waals surface area contributed by atoms with Gasteiger partial charge in [-0.2, -0.15) is 0 Å². The van der Waals surface area contributed by atoms with Gasteiger partial charge in [0.25, 0.3) is 0 Å². The highest BCUT2D eigenvalue weighted by atomic mass is 16.6. The SMILES string of the molecule is CCC(C)CC(=O)O[C@H](C)[C@H](C)OC(=O)[C@@H](N)Cc1ccc(O)c(O)c1. The third kappa shape index (κ3) is 6.92. The van der Waals surface area contributed by atoms with Gasteiger partial charge in [-0.25, -0.2) is 0 Å². The Morgan fingerprint density at radius 2 is 1.69 bits per heavy atom. The van der Waals surface area contributed by atoms with Gasteiger partial charge in [0.1, 0.15) is 18.2 Å². The lowest BCUT2D eigenvalue weighted by atomic mass is 10.1. The molecule has 0 spiro atoms. The summed E-state index contributed by atoms with van der Waals surface area (Å²) in [6, 6.07) is 3.28. The van der Waals surface area contributed by atoms with Crippen LogP contribution in [0.2, 0.25) is 0 Å². The topological polar surface area (TPSA) is 119 Å². The van der Waals surface area contributed by atoms with E-state index in [0.717, 1.165) is 6.42 Å². The maximum Gasteiger partial charge on any atom is 0.323 e. The minimum Gasteiger partial charge on any atom is -0.504 e. The van der Waals surface area contributed by atoms with Crippen LogP contribution in [0.3, 0.4) is 0 Å². The molecule has 0 amide bonds. The van der Waals surface area contributed by atoms with Crippen molar-refractivity contribution in [3.05, 3.63) is 23.8 Å². The van der Waals surface area contributed by atoms with Crippen LogP contribution in [0.15, 0.2) is 18.2 Å². The van der Waals surface area contributed by atoms with Crippen molar-refractivity contribution in [2.75, 3.05) is 0 Å². The highest BCUT2D eigenvalue weighted by molar-refractivity contribution is 5.76. The number of aromatic hydroxyl groups is 2. The van der Waals surface area contributed by atoms with E-state index in [0.29, 0.717) is 12.0 Å². The van der Waals surface area contributed by atoms with Gasteiger partial charge in [-0.15, -0.1) is 0 Å². The first kappa shape index (κ1) is 21.8. The molecule has 0 heterocycles. The van der Waals surface area contributed by atoms with Crippen molar-refractivity contribution < 1.29 is 29.3 Å². The van der Waals surface area contributed by atoms with Crippen molar-refractivity contribution in [1.82, 2.24) is 0 Å². The monoisotopic (exact) mass is 367 g/mol. The van der Waals surface area contributed by atoms with Crippen LogP contribution >= 0.6 is 0 Å². The van der Waals surface area contributed by atoms with Crippen LogP contribution in [0.4, 0.5) is 0 Å². The molecule has 0 saturated heterocycles. The molecule has 0 radical (unpaired) electrons. The molecule has 1 rings (SSSR count). The number of phenolic OH excluding ortho intramolecular Hbond substituents is 2. The van der Waals surface area contributed by atoms with Crippen molar-refractivity contribution >= 4 is 11.9 Å². The number of ether oxygens (including phenoxy) is 2. The van der Waals surface area contributed by atoms with Gasteiger partial charge >= 0.3 is 11.9 Å². The summed E-state index contributed by atoms with van der Waals surface area (Å²) in [6.07, 6.45) is 0.130. The van der Waals surface area contributed by atoms with E-state index in [2.05, 4.69) is 0 Å². The first-order chi connectivity index (χ1) is 12.1. The zero-order valence-electron chi connectivity index (χ0n) is 15.8. The molecule has 146 valence electrons. The summed E-state index contributed by atoms with van der Waals surface area (Å²) in [5.41, 5.74) is 6.43. The Bertz CT molecular complexity index is 618. The van der Waals surface area contributed by atoms with Crippen molar-refractivity contribution in [1.29, 1.82) is 0 Å². The molecule has 0 aliphatic carbocycles. The van der Waals surface area contributed by atoms with Gasteiger partial charge in [0.15, 0.2) is 11.5 Å². The standard InChI is InChI=1S/C19H29NO6/c1-5-11(2)8-18(23)25-12(3)13(4)26-19(24)15(20)9-14-6-7-16(21)17(22)10-14/h6-7,10-13,15,21-22H,5,8-9,20H2,1-4H3/t11?,12-,13+,15+/m1/s1. The van der Waals surface area contributed by atoms with Gasteiger partial charge in [0.2, 0.25) is 0 Å². The third-order valence-corrected chi connectivity index (χ3v) is 4.29. The number of carbonyl (C=O) groups is 2. The Labute approximate surface area is 154 Å². The second-order valence-electron chi connectivity index (χ2n) is 6.69. The predicted molar refractivity (Wildman–Crippen MR) is 96.6 cm³/mol. The Kier molecular flexibility index (Phi) is 8.38. The van der Waals surface area contributed by atoms with Crippen molar-refractivity contribution in [2.24, 2.45) is 11.7 Å². The molecule has 1 aromatic rings. The van der Waals surface area contributed by atoms with Gasteiger partial charge in [0.05, 0.1) is 0 Å². The van der Waals surface area contributed by atoms with Gasteiger partial charge < -0.3 is 25.4 Å². The summed E-state index contributed by atoms with van der Waals surface area (Å²) in [4.78, 5) is 23.9. The smallest absolute Gasteiger partial charge is 0.323 e. The van der Waals surface area contributed by atoms with Crippen LogP contribution in [0, 0.1) is 5.92 Å². The largest absolute Gasteiger partial charge is 0.504 e. The van der Waals surface area contributed by atoms with Gasteiger partial charge in [-0.1, -0.05) is 26.3 Å². The normalized spacial score (nSPS) is 15.6. The number of hydrogen-bond acceptors (Lipinski definition) is 7. The molecular formula is C19H29NO6. The fourth-order valence-electron chi connectivity index (χ4n) is 2.18. The quantitative estimate of drug-likeness (QED) is 0.452. The van der Waals surface area contributed by atoms with E-state index in [1.165, 1.54) is 12.1 Å². The zero-order chi connectivity index (χ0) is 19.9. The maximum atomic E-state index is 12.1. The summed E-state index contributed by atoms with van der Waals surface area (Å²) in [7, 11) is 0. The van der Waals surface area contributed by atoms with Crippen LogP contribution < -0.4 is 5.73 Å². The Morgan fingerprint density at radius 3 is 2.27 bits per heavy atom. The molecule has 4 atom stereocenters. The van der Waals surface area contributed by atoms with Gasteiger partial charge in [-0.05, 0) is 43.9 Å². The number of esters is 2. The molecule has 0 bridgehead atoms. The van der Waals surface area contributed by atoms with Crippen LogP contribution in [0.1, 0.15) is 46.1 Å². The molecule has 26 heavy (non-hydrogen) atoms. The minimum absolute atomic E-state index is 0.140. The molecule has 0 fully saturated rings. The molecule has 1 unspecified atom stereocenters. The Balaban J connectivity index is 2.51. The summed E-state index contributed by atoms with van der Waals surface area (Å²) >= 11 is 0. The number of rotatable bonds is 9. The molecule has 7 nitrogen and oxygen atoms in total. The van der Waals surface area contributed by atoms with E-state index in [1.54, 1.807) is 19.9 Å². The molecule has 4 N–H and O–H groups in total. The Morgan fingerprint density at radius 1 is 1.08 bits per heavy atom. The number of carbonyl (C=O) groups excluding carboxylic acids is 2. The van der Waals surface area contributed by atoms with Crippen molar-refractivity contribution in [3.63, 3.8) is 0 Å². The number of phenols is 2. The fraction of sp³-hybridized carbons (Fsp3) is 0.579. The highest BCUT2D eigenvalue weighted by Crippen LogP contribution is 2.25. The van der Waals surface area contributed by atoms with E-state index in [1.807, 2.05) is 13.8 Å². The van der Waals surface area contributed by atoms with E-state index in [-0.39, 0.29) is 29.8 Å². The van der Waals surface area contributed by atoms with Crippen LogP contribution in [0.25, 0.3) is 0 Å². The molecule has 0 aliphatic heterocycles. The minimum atomic E-state index is -0.940. The van der Waals surface area contributed by atoms with Crippen LogP contribution in [-0.4, -0.2) is 40.4 Å².